The van der Waals surface area contributed by atoms with E-state index in [-0.39, 0.29) is 11.7 Å². The quantitative estimate of drug-likeness (QED) is 0.784. The normalized spacial score (nSPS) is 10.8. The number of carbonyl (C=O) groups is 1. The topological polar surface area (TPSA) is 59.8 Å². The van der Waals surface area contributed by atoms with Gasteiger partial charge in [-0.25, -0.2) is 9.37 Å². The zero-order valence-corrected chi connectivity index (χ0v) is 11.6. The Morgan fingerprint density at radius 2 is 2.14 bits per heavy atom. The third-order valence-electron chi connectivity index (χ3n) is 3.30. The summed E-state index contributed by atoms with van der Waals surface area (Å²) in [5.41, 5.74) is 2.19. The Kier molecular flexibility index (Phi) is 3.13. The summed E-state index contributed by atoms with van der Waals surface area (Å²) < 4.78 is 15.0. The molecule has 106 valence electrons. The number of aryl methyl sites for hydroxylation is 1. The van der Waals surface area contributed by atoms with Crippen LogP contribution in [0.3, 0.4) is 0 Å². The van der Waals surface area contributed by atoms with E-state index in [1.165, 1.54) is 12.1 Å². The van der Waals surface area contributed by atoms with E-state index in [0.29, 0.717) is 27.9 Å². The van der Waals surface area contributed by atoms with Crippen LogP contribution in [0.4, 0.5) is 4.39 Å². The Labute approximate surface area is 120 Å². The van der Waals surface area contributed by atoms with E-state index in [2.05, 4.69) is 15.4 Å². The van der Waals surface area contributed by atoms with Gasteiger partial charge in [-0.05, 0) is 18.2 Å². The fourth-order valence-electron chi connectivity index (χ4n) is 2.23. The summed E-state index contributed by atoms with van der Waals surface area (Å²) in [5, 5.41) is 7.38. The van der Waals surface area contributed by atoms with Gasteiger partial charge in [0.2, 0.25) is 0 Å². The van der Waals surface area contributed by atoms with Gasteiger partial charge < -0.3 is 5.32 Å². The number of nitrogens with zero attached hydrogens (tertiary/aromatic N) is 3. The maximum atomic E-state index is 13.4. The number of nitrogens with one attached hydrogen (secondary N) is 1. The van der Waals surface area contributed by atoms with E-state index in [9.17, 15) is 9.18 Å². The number of benzene rings is 1. The summed E-state index contributed by atoms with van der Waals surface area (Å²) >= 11 is 0. The molecule has 1 aromatic carbocycles. The van der Waals surface area contributed by atoms with Crippen LogP contribution in [-0.4, -0.2) is 27.7 Å². The number of hydrogen-bond acceptors (Lipinski definition) is 3. The van der Waals surface area contributed by atoms with E-state index >= 15 is 0 Å². The van der Waals surface area contributed by atoms with Crippen molar-refractivity contribution in [2.24, 2.45) is 7.05 Å². The number of aromatic nitrogens is 3. The average Bonchev–Trinajstić information content (AvgIpc) is 2.87. The van der Waals surface area contributed by atoms with Crippen molar-refractivity contribution in [3.05, 3.63) is 47.9 Å². The van der Waals surface area contributed by atoms with Crippen molar-refractivity contribution in [2.75, 3.05) is 7.05 Å². The lowest BCUT2D eigenvalue weighted by atomic mass is 10.1. The van der Waals surface area contributed by atoms with Crippen LogP contribution in [0.25, 0.3) is 22.3 Å². The van der Waals surface area contributed by atoms with Gasteiger partial charge in [-0.15, -0.1) is 0 Å². The van der Waals surface area contributed by atoms with Crippen LogP contribution < -0.4 is 5.32 Å². The molecule has 2 aromatic heterocycles. The Hall–Kier alpha value is -2.76. The number of rotatable bonds is 2. The van der Waals surface area contributed by atoms with Crippen molar-refractivity contribution in [1.29, 1.82) is 0 Å². The lowest BCUT2D eigenvalue weighted by Crippen LogP contribution is -2.18. The van der Waals surface area contributed by atoms with Crippen LogP contribution in [-0.2, 0) is 7.05 Å². The highest BCUT2D eigenvalue weighted by Crippen LogP contribution is 2.25. The molecular weight excluding hydrogens is 271 g/mol. The second-order valence-corrected chi connectivity index (χ2v) is 4.65. The number of fused-ring (bicyclic) bond motifs is 1. The summed E-state index contributed by atoms with van der Waals surface area (Å²) in [6.07, 6.45) is 1.60. The third-order valence-corrected chi connectivity index (χ3v) is 3.30. The molecule has 0 aliphatic heterocycles. The number of carbonyl (C=O) groups excluding carboxylic acids is 1. The minimum absolute atomic E-state index is 0.229. The van der Waals surface area contributed by atoms with Crippen molar-refractivity contribution >= 4 is 16.9 Å². The van der Waals surface area contributed by atoms with E-state index in [0.717, 1.165) is 0 Å². The largest absolute Gasteiger partial charge is 0.355 e. The van der Waals surface area contributed by atoms with Gasteiger partial charge >= 0.3 is 0 Å². The minimum Gasteiger partial charge on any atom is -0.355 e. The first-order valence-electron chi connectivity index (χ1n) is 6.41. The van der Waals surface area contributed by atoms with Crippen molar-refractivity contribution in [1.82, 2.24) is 20.1 Å². The molecule has 0 fully saturated rings. The molecule has 1 N–H and O–H groups in total. The molecule has 0 spiro atoms. The zero-order valence-electron chi connectivity index (χ0n) is 11.6. The highest BCUT2D eigenvalue weighted by Gasteiger charge is 2.15. The second-order valence-electron chi connectivity index (χ2n) is 4.65. The first-order chi connectivity index (χ1) is 10.1. The lowest BCUT2D eigenvalue weighted by Gasteiger charge is -2.07. The predicted octanol–water partition coefficient (Wildman–Crippen LogP) is 2.13. The Morgan fingerprint density at radius 1 is 1.33 bits per heavy atom. The monoisotopic (exact) mass is 284 g/mol. The van der Waals surface area contributed by atoms with Crippen LogP contribution in [0.15, 0.2) is 36.5 Å². The Balaban J connectivity index is 2.29. The van der Waals surface area contributed by atoms with Crippen molar-refractivity contribution in [3.63, 3.8) is 0 Å². The first kappa shape index (κ1) is 13.2. The van der Waals surface area contributed by atoms with E-state index in [4.69, 9.17) is 0 Å². The molecule has 0 aliphatic carbocycles. The average molecular weight is 284 g/mol. The molecule has 5 nitrogen and oxygen atoms in total. The highest BCUT2D eigenvalue weighted by atomic mass is 19.1. The Bertz CT molecular complexity index is 841. The molecule has 0 radical (unpaired) electrons. The third kappa shape index (κ3) is 2.24. The van der Waals surface area contributed by atoms with E-state index < -0.39 is 0 Å². The minimum atomic E-state index is -0.346. The number of amides is 1. The summed E-state index contributed by atoms with van der Waals surface area (Å²) in [4.78, 5) is 16.5. The van der Waals surface area contributed by atoms with Gasteiger partial charge in [0.05, 0.1) is 22.8 Å². The van der Waals surface area contributed by atoms with Gasteiger partial charge in [-0.3, -0.25) is 9.48 Å². The predicted molar refractivity (Wildman–Crippen MR) is 77.3 cm³/mol. The fraction of sp³-hybridized carbons (Fsp3) is 0.133. The summed E-state index contributed by atoms with van der Waals surface area (Å²) in [6, 6.07) is 7.77. The van der Waals surface area contributed by atoms with Gasteiger partial charge in [0.15, 0.2) is 5.65 Å². The molecule has 0 aliphatic rings. The summed E-state index contributed by atoms with van der Waals surface area (Å²) in [6.45, 7) is 0. The maximum absolute atomic E-state index is 13.4. The molecule has 2 heterocycles. The molecule has 0 atom stereocenters. The first-order valence-corrected chi connectivity index (χ1v) is 6.41. The standard InChI is InChI=1S/C15H13FN4O/c1-17-15(21)11-7-13(9-4-3-5-10(16)6-9)19-14-12(11)8-18-20(14)2/h3-8H,1-2H3,(H,17,21). The molecule has 0 unspecified atom stereocenters. The van der Waals surface area contributed by atoms with E-state index in [1.807, 2.05) is 0 Å². The van der Waals surface area contributed by atoms with E-state index in [1.54, 1.807) is 43.2 Å². The maximum Gasteiger partial charge on any atom is 0.251 e. The van der Waals surface area contributed by atoms with Gasteiger partial charge in [-0.1, -0.05) is 12.1 Å². The van der Waals surface area contributed by atoms with Crippen LogP contribution >= 0.6 is 0 Å². The summed E-state index contributed by atoms with van der Waals surface area (Å²) in [7, 11) is 3.31. The SMILES string of the molecule is CNC(=O)c1cc(-c2cccc(F)c2)nc2c1cnn2C. The molecular formula is C15H13FN4O. The Morgan fingerprint density at radius 3 is 2.86 bits per heavy atom. The van der Waals surface area contributed by atoms with Gasteiger partial charge in [0, 0.05) is 19.7 Å². The van der Waals surface area contributed by atoms with Crippen LogP contribution in [0.5, 0.6) is 0 Å². The molecule has 0 saturated carbocycles. The number of pyridine rings is 1. The van der Waals surface area contributed by atoms with Crippen LogP contribution in [0.2, 0.25) is 0 Å². The number of halogens is 1. The van der Waals surface area contributed by atoms with Crippen molar-refractivity contribution in [3.8, 4) is 11.3 Å². The fourth-order valence-corrected chi connectivity index (χ4v) is 2.23. The van der Waals surface area contributed by atoms with Crippen LogP contribution in [0, 0.1) is 5.82 Å². The highest BCUT2D eigenvalue weighted by molar-refractivity contribution is 6.06. The van der Waals surface area contributed by atoms with Gasteiger partial charge in [0.25, 0.3) is 5.91 Å². The molecule has 21 heavy (non-hydrogen) atoms. The van der Waals surface area contributed by atoms with Gasteiger partial charge in [-0.2, -0.15) is 5.10 Å². The molecule has 3 aromatic rings. The molecule has 3 rings (SSSR count). The lowest BCUT2D eigenvalue weighted by molar-refractivity contribution is 0.0964. The molecule has 0 bridgehead atoms. The van der Waals surface area contributed by atoms with Crippen molar-refractivity contribution < 1.29 is 9.18 Å². The smallest absolute Gasteiger partial charge is 0.251 e. The molecule has 0 saturated heterocycles. The van der Waals surface area contributed by atoms with Gasteiger partial charge in [0.1, 0.15) is 5.82 Å². The summed E-state index contributed by atoms with van der Waals surface area (Å²) in [5.74, 6) is -0.575. The second kappa shape index (κ2) is 4.97. The molecule has 6 heteroatoms. The van der Waals surface area contributed by atoms with Crippen molar-refractivity contribution in [2.45, 2.75) is 0 Å². The zero-order chi connectivity index (χ0) is 15.0. The number of hydrogen-bond donors (Lipinski definition) is 1. The van der Waals surface area contributed by atoms with Crippen LogP contribution in [0.1, 0.15) is 10.4 Å². The molecule has 1 amide bonds.